The molecule has 0 saturated carbocycles. The smallest absolute Gasteiger partial charge is 0.408 e. The molecular weight excluding hydrogens is 196 g/mol. The standard InChI is InChI=1S/C10H10N2O3/c1-11-9(13)5-6-2-3-8-7(4-6)12-10(14)15-8/h2-4H,5H2,1H3,(H,11,13)(H,12,14). The van der Waals surface area contributed by atoms with E-state index in [1.54, 1.807) is 25.2 Å². The van der Waals surface area contributed by atoms with Crippen molar-refractivity contribution in [2.24, 2.45) is 0 Å². The van der Waals surface area contributed by atoms with E-state index >= 15 is 0 Å². The Kier molecular flexibility index (Phi) is 2.29. The zero-order valence-electron chi connectivity index (χ0n) is 8.16. The first-order chi connectivity index (χ1) is 7.19. The van der Waals surface area contributed by atoms with Crippen molar-refractivity contribution < 1.29 is 9.21 Å². The van der Waals surface area contributed by atoms with Crippen LogP contribution in [-0.4, -0.2) is 17.9 Å². The number of benzene rings is 1. The van der Waals surface area contributed by atoms with E-state index in [0.29, 0.717) is 17.5 Å². The lowest BCUT2D eigenvalue weighted by Gasteiger charge is -1.99. The molecule has 2 aromatic rings. The molecule has 1 aromatic carbocycles. The molecule has 0 aliphatic heterocycles. The molecule has 0 aliphatic carbocycles. The summed E-state index contributed by atoms with van der Waals surface area (Å²) in [6, 6.07) is 5.16. The molecule has 1 heterocycles. The Balaban J connectivity index is 2.38. The van der Waals surface area contributed by atoms with Crippen LogP contribution in [0.3, 0.4) is 0 Å². The summed E-state index contributed by atoms with van der Waals surface area (Å²) in [7, 11) is 1.58. The Labute approximate surface area is 85.1 Å². The highest BCUT2D eigenvalue weighted by Gasteiger charge is 2.04. The predicted molar refractivity (Wildman–Crippen MR) is 54.6 cm³/mol. The second kappa shape index (κ2) is 3.61. The lowest BCUT2D eigenvalue weighted by Crippen LogP contribution is -2.19. The average Bonchev–Trinajstić information content (AvgIpc) is 2.57. The minimum atomic E-state index is -0.484. The molecule has 0 aliphatic rings. The van der Waals surface area contributed by atoms with Crippen LogP contribution in [0, 0.1) is 0 Å². The van der Waals surface area contributed by atoms with E-state index in [1.807, 2.05) is 0 Å². The summed E-state index contributed by atoms with van der Waals surface area (Å²) in [5, 5.41) is 2.53. The largest absolute Gasteiger partial charge is 0.417 e. The third kappa shape index (κ3) is 1.90. The molecule has 0 spiro atoms. The normalized spacial score (nSPS) is 10.5. The first-order valence-corrected chi connectivity index (χ1v) is 4.51. The summed E-state index contributed by atoms with van der Waals surface area (Å²) in [4.78, 5) is 24.5. The Morgan fingerprint density at radius 3 is 3.07 bits per heavy atom. The quantitative estimate of drug-likeness (QED) is 0.747. The van der Waals surface area contributed by atoms with E-state index in [1.165, 1.54) is 0 Å². The maximum atomic E-state index is 11.1. The molecule has 1 aromatic heterocycles. The average molecular weight is 206 g/mol. The van der Waals surface area contributed by atoms with Crippen LogP contribution in [-0.2, 0) is 11.2 Å². The van der Waals surface area contributed by atoms with Crippen LogP contribution in [0.25, 0.3) is 11.1 Å². The number of amides is 1. The van der Waals surface area contributed by atoms with Gasteiger partial charge in [0.1, 0.15) is 0 Å². The molecule has 0 radical (unpaired) electrons. The Morgan fingerprint density at radius 2 is 2.33 bits per heavy atom. The molecule has 78 valence electrons. The second-order valence-corrected chi connectivity index (χ2v) is 3.19. The minimum Gasteiger partial charge on any atom is -0.408 e. The zero-order chi connectivity index (χ0) is 10.8. The number of carbonyl (C=O) groups excluding carboxylic acids is 1. The van der Waals surface area contributed by atoms with E-state index in [4.69, 9.17) is 4.42 Å². The number of aromatic nitrogens is 1. The van der Waals surface area contributed by atoms with E-state index in [9.17, 15) is 9.59 Å². The molecule has 15 heavy (non-hydrogen) atoms. The number of fused-ring (bicyclic) bond motifs is 1. The molecule has 0 atom stereocenters. The molecular formula is C10H10N2O3. The van der Waals surface area contributed by atoms with Crippen molar-refractivity contribution in [2.75, 3.05) is 7.05 Å². The van der Waals surface area contributed by atoms with Gasteiger partial charge in [0.25, 0.3) is 0 Å². The van der Waals surface area contributed by atoms with Gasteiger partial charge in [0.2, 0.25) is 5.91 Å². The van der Waals surface area contributed by atoms with Crippen molar-refractivity contribution in [3.63, 3.8) is 0 Å². The van der Waals surface area contributed by atoms with Crippen molar-refractivity contribution in [1.29, 1.82) is 0 Å². The van der Waals surface area contributed by atoms with Crippen LogP contribution in [0.1, 0.15) is 5.56 Å². The van der Waals surface area contributed by atoms with E-state index in [0.717, 1.165) is 5.56 Å². The van der Waals surface area contributed by atoms with Crippen LogP contribution in [0.15, 0.2) is 27.4 Å². The van der Waals surface area contributed by atoms with Gasteiger partial charge in [-0.25, -0.2) is 4.79 Å². The Morgan fingerprint density at radius 1 is 1.53 bits per heavy atom. The van der Waals surface area contributed by atoms with Gasteiger partial charge in [0.15, 0.2) is 5.58 Å². The third-order valence-corrected chi connectivity index (χ3v) is 2.13. The molecule has 1 amide bonds. The van der Waals surface area contributed by atoms with Gasteiger partial charge in [-0.3, -0.25) is 9.78 Å². The molecule has 2 N–H and O–H groups in total. The fraction of sp³-hybridized carbons (Fsp3) is 0.200. The lowest BCUT2D eigenvalue weighted by molar-refractivity contribution is -0.119. The highest BCUT2D eigenvalue weighted by atomic mass is 16.4. The number of nitrogens with one attached hydrogen (secondary N) is 2. The van der Waals surface area contributed by atoms with Crippen molar-refractivity contribution in [3.05, 3.63) is 34.3 Å². The van der Waals surface area contributed by atoms with Gasteiger partial charge in [-0.05, 0) is 17.7 Å². The first-order valence-electron chi connectivity index (χ1n) is 4.51. The number of carbonyl (C=O) groups is 1. The molecule has 0 fully saturated rings. The number of rotatable bonds is 2. The molecule has 2 rings (SSSR count). The number of aromatic amines is 1. The summed E-state index contributed by atoms with van der Waals surface area (Å²) in [5.74, 6) is -0.553. The first kappa shape index (κ1) is 9.51. The van der Waals surface area contributed by atoms with Crippen LogP contribution in [0.5, 0.6) is 0 Å². The highest BCUT2D eigenvalue weighted by Crippen LogP contribution is 2.12. The van der Waals surface area contributed by atoms with Crippen LogP contribution < -0.4 is 11.1 Å². The number of hydrogen-bond donors (Lipinski definition) is 2. The molecule has 5 heteroatoms. The van der Waals surface area contributed by atoms with Crippen LogP contribution >= 0.6 is 0 Å². The number of H-pyrrole nitrogens is 1. The molecule has 0 unspecified atom stereocenters. The summed E-state index contributed by atoms with van der Waals surface area (Å²) in [6.07, 6.45) is 0.291. The van der Waals surface area contributed by atoms with E-state index in [-0.39, 0.29) is 5.91 Å². The minimum absolute atomic E-state index is 0.0693. The van der Waals surface area contributed by atoms with Crippen molar-refractivity contribution >= 4 is 17.0 Å². The van der Waals surface area contributed by atoms with Crippen molar-refractivity contribution in [2.45, 2.75) is 6.42 Å². The van der Waals surface area contributed by atoms with Gasteiger partial charge in [-0.15, -0.1) is 0 Å². The zero-order valence-corrected chi connectivity index (χ0v) is 8.16. The SMILES string of the molecule is CNC(=O)Cc1ccc2oc(=O)[nH]c2c1. The van der Waals surface area contributed by atoms with Crippen molar-refractivity contribution in [3.8, 4) is 0 Å². The number of hydrogen-bond acceptors (Lipinski definition) is 3. The topological polar surface area (TPSA) is 75.1 Å². The summed E-state index contributed by atoms with van der Waals surface area (Å²) < 4.78 is 4.84. The van der Waals surface area contributed by atoms with E-state index in [2.05, 4.69) is 10.3 Å². The molecule has 0 bridgehead atoms. The molecule has 0 saturated heterocycles. The number of oxazole rings is 1. The Bertz CT molecular complexity index is 553. The second-order valence-electron chi connectivity index (χ2n) is 3.19. The van der Waals surface area contributed by atoms with Crippen molar-refractivity contribution in [1.82, 2.24) is 10.3 Å². The maximum Gasteiger partial charge on any atom is 0.417 e. The van der Waals surface area contributed by atoms with Gasteiger partial charge in [-0.2, -0.15) is 0 Å². The maximum absolute atomic E-state index is 11.1. The van der Waals surface area contributed by atoms with Gasteiger partial charge in [0.05, 0.1) is 11.9 Å². The lowest BCUT2D eigenvalue weighted by atomic mass is 10.1. The van der Waals surface area contributed by atoms with Gasteiger partial charge >= 0.3 is 5.76 Å². The van der Waals surface area contributed by atoms with Gasteiger partial charge in [-0.1, -0.05) is 6.07 Å². The fourth-order valence-corrected chi connectivity index (χ4v) is 1.38. The monoisotopic (exact) mass is 206 g/mol. The third-order valence-electron chi connectivity index (χ3n) is 2.13. The van der Waals surface area contributed by atoms with Gasteiger partial charge in [0, 0.05) is 7.05 Å². The Hall–Kier alpha value is -2.04. The summed E-state index contributed by atoms with van der Waals surface area (Å²) in [5.41, 5.74) is 1.95. The van der Waals surface area contributed by atoms with Crippen LogP contribution in [0.2, 0.25) is 0 Å². The van der Waals surface area contributed by atoms with Crippen LogP contribution in [0.4, 0.5) is 0 Å². The summed E-state index contributed by atoms with van der Waals surface area (Å²) in [6.45, 7) is 0. The molecule has 5 nitrogen and oxygen atoms in total. The fourth-order valence-electron chi connectivity index (χ4n) is 1.38. The predicted octanol–water partition coefficient (Wildman–Crippen LogP) is 0.410. The highest BCUT2D eigenvalue weighted by molar-refractivity contribution is 5.80. The number of likely N-dealkylation sites (N-methyl/N-ethyl adjacent to an activating group) is 1. The summed E-state index contributed by atoms with van der Waals surface area (Å²) >= 11 is 0. The van der Waals surface area contributed by atoms with E-state index < -0.39 is 5.76 Å². The van der Waals surface area contributed by atoms with Gasteiger partial charge < -0.3 is 9.73 Å².